The van der Waals surface area contributed by atoms with E-state index in [2.05, 4.69) is 20.2 Å². The molecule has 1 aliphatic heterocycles. The number of morpholine rings is 1. The van der Waals surface area contributed by atoms with E-state index in [4.69, 9.17) is 4.74 Å². The van der Waals surface area contributed by atoms with Crippen LogP contribution in [0, 0.1) is 6.92 Å². The fourth-order valence-electron chi connectivity index (χ4n) is 3.20. The number of hydrogen-bond donors (Lipinski definition) is 1. The largest absolute Gasteiger partial charge is 0.378 e. The lowest BCUT2D eigenvalue weighted by molar-refractivity contribution is 0.0950. The zero-order valence-corrected chi connectivity index (χ0v) is 15.8. The molecule has 1 aliphatic rings. The monoisotopic (exact) mass is 377 g/mol. The maximum Gasteiger partial charge on any atom is 0.251 e. The Kier molecular flexibility index (Phi) is 5.34. The minimum atomic E-state index is -0.142. The Bertz CT molecular complexity index is 932. The lowest BCUT2D eigenvalue weighted by Crippen LogP contribution is -2.37. The van der Waals surface area contributed by atoms with Crippen molar-refractivity contribution in [2.24, 2.45) is 0 Å². The van der Waals surface area contributed by atoms with Crippen molar-refractivity contribution in [3.05, 3.63) is 71.9 Å². The van der Waals surface area contributed by atoms with E-state index in [1.165, 1.54) is 0 Å². The zero-order chi connectivity index (χ0) is 19.3. The van der Waals surface area contributed by atoms with Crippen molar-refractivity contribution in [2.45, 2.75) is 13.5 Å². The van der Waals surface area contributed by atoms with Crippen molar-refractivity contribution in [2.75, 3.05) is 31.2 Å². The number of rotatable bonds is 5. The molecular weight excluding hydrogens is 354 g/mol. The minimum absolute atomic E-state index is 0.142. The predicted molar refractivity (Wildman–Crippen MR) is 107 cm³/mol. The van der Waals surface area contributed by atoms with Crippen molar-refractivity contribution >= 4 is 11.7 Å². The highest BCUT2D eigenvalue weighted by atomic mass is 16.5. The first-order valence-corrected chi connectivity index (χ1v) is 9.38. The Balaban J connectivity index is 1.41. The van der Waals surface area contributed by atoms with Crippen LogP contribution in [-0.2, 0) is 11.3 Å². The van der Waals surface area contributed by atoms with E-state index in [1.54, 1.807) is 0 Å². The van der Waals surface area contributed by atoms with Gasteiger partial charge in [-0.1, -0.05) is 0 Å². The molecule has 0 bridgehead atoms. The molecule has 3 aromatic rings. The van der Waals surface area contributed by atoms with Gasteiger partial charge in [-0.15, -0.1) is 0 Å². The van der Waals surface area contributed by atoms with E-state index in [9.17, 15) is 4.79 Å². The molecule has 1 amide bonds. The number of ether oxygens (including phenoxy) is 1. The number of carbonyl (C=O) groups excluding carboxylic acids is 1. The third-order valence-electron chi connectivity index (χ3n) is 4.66. The zero-order valence-electron chi connectivity index (χ0n) is 15.8. The Morgan fingerprint density at radius 2 is 1.82 bits per heavy atom. The smallest absolute Gasteiger partial charge is 0.251 e. The molecule has 144 valence electrons. The van der Waals surface area contributed by atoms with Crippen LogP contribution < -0.4 is 10.2 Å². The number of amides is 1. The van der Waals surface area contributed by atoms with E-state index in [1.807, 2.05) is 66.3 Å². The van der Waals surface area contributed by atoms with Crippen LogP contribution >= 0.6 is 0 Å². The molecule has 0 aliphatic carbocycles. The second-order valence-corrected chi connectivity index (χ2v) is 6.70. The summed E-state index contributed by atoms with van der Waals surface area (Å²) in [5, 5.41) is 2.91. The van der Waals surface area contributed by atoms with Crippen LogP contribution in [0.5, 0.6) is 0 Å². The SMILES string of the molecule is Cc1cc(N2CCOCC2)nc(CNC(=O)c2ccc(-n3cccc3)cc2)n1. The fourth-order valence-corrected chi connectivity index (χ4v) is 3.20. The van der Waals surface area contributed by atoms with Crippen LogP contribution in [0.2, 0.25) is 0 Å². The first-order chi connectivity index (χ1) is 13.7. The summed E-state index contributed by atoms with van der Waals surface area (Å²) in [6.07, 6.45) is 3.94. The van der Waals surface area contributed by atoms with Gasteiger partial charge in [-0.25, -0.2) is 9.97 Å². The second-order valence-electron chi connectivity index (χ2n) is 6.70. The number of aryl methyl sites for hydroxylation is 1. The van der Waals surface area contributed by atoms with Crippen LogP contribution in [0.1, 0.15) is 21.9 Å². The summed E-state index contributed by atoms with van der Waals surface area (Å²) in [4.78, 5) is 23.7. The first kappa shape index (κ1) is 18.2. The molecule has 7 nitrogen and oxygen atoms in total. The molecule has 1 fully saturated rings. The van der Waals surface area contributed by atoms with Gasteiger partial charge in [0.15, 0.2) is 0 Å². The highest BCUT2D eigenvalue weighted by Gasteiger charge is 2.14. The summed E-state index contributed by atoms with van der Waals surface area (Å²) >= 11 is 0. The standard InChI is InChI=1S/C21H23N5O2/c1-16-14-20(26-10-12-28-13-11-26)24-19(23-16)15-22-21(27)17-4-6-18(7-5-17)25-8-2-3-9-25/h2-9,14H,10-13,15H2,1H3,(H,22,27). The predicted octanol–water partition coefficient (Wildman–Crippen LogP) is 2.34. The number of benzene rings is 1. The molecule has 0 radical (unpaired) electrons. The molecule has 7 heteroatoms. The van der Waals surface area contributed by atoms with Crippen molar-refractivity contribution in [1.29, 1.82) is 0 Å². The van der Waals surface area contributed by atoms with Crippen LogP contribution in [0.25, 0.3) is 5.69 Å². The first-order valence-electron chi connectivity index (χ1n) is 9.38. The summed E-state index contributed by atoms with van der Waals surface area (Å²) in [7, 11) is 0. The highest BCUT2D eigenvalue weighted by molar-refractivity contribution is 5.94. The average Bonchev–Trinajstić information content (AvgIpc) is 3.27. The summed E-state index contributed by atoms with van der Waals surface area (Å²) in [5.41, 5.74) is 2.51. The number of nitrogens with one attached hydrogen (secondary N) is 1. The van der Waals surface area contributed by atoms with Gasteiger partial charge in [-0.3, -0.25) is 4.79 Å². The number of aromatic nitrogens is 3. The van der Waals surface area contributed by atoms with Crippen LogP contribution in [-0.4, -0.2) is 46.7 Å². The number of hydrogen-bond acceptors (Lipinski definition) is 5. The van der Waals surface area contributed by atoms with Gasteiger partial charge in [0.2, 0.25) is 0 Å². The van der Waals surface area contributed by atoms with Gasteiger partial charge in [-0.05, 0) is 43.3 Å². The maximum atomic E-state index is 12.5. The highest BCUT2D eigenvalue weighted by Crippen LogP contribution is 2.14. The Morgan fingerprint density at radius 3 is 2.54 bits per heavy atom. The topological polar surface area (TPSA) is 72.3 Å². The molecule has 1 aromatic carbocycles. The number of carbonyl (C=O) groups is 1. The molecule has 0 atom stereocenters. The fraction of sp³-hybridized carbons (Fsp3) is 0.286. The van der Waals surface area contributed by atoms with Crippen molar-refractivity contribution < 1.29 is 9.53 Å². The molecule has 0 saturated carbocycles. The van der Waals surface area contributed by atoms with E-state index in [-0.39, 0.29) is 12.5 Å². The molecular formula is C21H23N5O2. The van der Waals surface area contributed by atoms with E-state index >= 15 is 0 Å². The van der Waals surface area contributed by atoms with Gasteiger partial charge in [0.05, 0.1) is 19.8 Å². The average molecular weight is 377 g/mol. The molecule has 1 saturated heterocycles. The second kappa shape index (κ2) is 8.22. The normalized spacial score (nSPS) is 14.1. The lowest BCUT2D eigenvalue weighted by Gasteiger charge is -2.28. The Labute approximate surface area is 164 Å². The molecule has 0 spiro atoms. The van der Waals surface area contributed by atoms with Crippen LogP contribution in [0.3, 0.4) is 0 Å². The van der Waals surface area contributed by atoms with Crippen molar-refractivity contribution in [3.63, 3.8) is 0 Å². The third-order valence-corrected chi connectivity index (χ3v) is 4.66. The summed E-state index contributed by atoms with van der Waals surface area (Å²) < 4.78 is 7.39. The van der Waals surface area contributed by atoms with Gasteiger partial charge in [0, 0.05) is 48.5 Å². The van der Waals surface area contributed by atoms with Crippen molar-refractivity contribution in [1.82, 2.24) is 19.9 Å². The quantitative estimate of drug-likeness (QED) is 0.739. The molecule has 1 N–H and O–H groups in total. The van der Waals surface area contributed by atoms with Crippen LogP contribution in [0.4, 0.5) is 5.82 Å². The molecule has 0 unspecified atom stereocenters. The van der Waals surface area contributed by atoms with Crippen LogP contribution in [0.15, 0.2) is 54.9 Å². The van der Waals surface area contributed by atoms with Gasteiger partial charge in [-0.2, -0.15) is 0 Å². The maximum absolute atomic E-state index is 12.5. The van der Waals surface area contributed by atoms with Gasteiger partial charge >= 0.3 is 0 Å². The number of anilines is 1. The van der Waals surface area contributed by atoms with E-state index in [0.29, 0.717) is 24.6 Å². The van der Waals surface area contributed by atoms with Gasteiger partial charge in [0.25, 0.3) is 5.91 Å². The Hall–Kier alpha value is -3.19. The van der Waals surface area contributed by atoms with E-state index < -0.39 is 0 Å². The van der Waals surface area contributed by atoms with Gasteiger partial charge in [0.1, 0.15) is 11.6 Å². The Morgan fingerprint density at radius 1 is 1.11 bits per heavy atom. The lowest BCUT2D eigenvalue weighted by atomic mass is 10.2. The number of nitrogens with zero attached hydrogens (tertiary/aromatic N) is 4. The summed E-state index contributed by atoms with van der Waals surface area (Å²) in [6.45, 7) is 5.27. The minimum Gasteiger partial charge on any atom is -0.378 e. The summed E-state index contributed by atoms with van der Waals surface area (Å²) in [6, 6.07) is 13.4. The summed E-state index contributed by atoms with van der Waals surface area (Å²) in [5.74, 6) is 1.35. The van der Waals surface area contributed by atoms with Crippen molar-refractivity contribution in [3.8, 4) is 5.69 Å². The molecule has 2 aromatic heterocycles. The molecule has 4 rings (SSSR count). The van der Waals surface area contributed by atoms with E-state index in [0.717, 1.165) is 30.3 Å². The van der Waals surface area contributed by atoms with Gasteiger partial charge < -0.3 is 19.5 Å². The molecule has 3 heterocycles. The third kappa shape index (κ3) is 4.20. The molecule has 28 heavy (non-hydrogen) atoms.